The Hall–Kier alpha value is -0.100. The van der Waals surface area contributed by atoms with E-state index in [0.29, 0.717) is 0 Å². The molecular formula is C13H8I2. The molecule has 0 radical (unpaired) electrons. The van der Waals surface area contributed by atoms with Gasteiger partial charge in [-0.25, -0.2) is 0 Å². The van der Waals surface area contributed by atoms with Gasteiger partial charge < -0.3 is 0 Å². The smallest absolute Gasteiger partial charge is 0.0305 e. The number of benzene rings is 2. The molecule has 15 heavy (non-hydrogen) atoms. The third-order valence-electron chi connectivity index (χ3n) is 2.87. The monoisotopic (exact) mass is 418 g/mol. The number of halogens is 2. The number of rotatable bonds is 0. The summed E-state index contributed by atoms with van der Waals surface area (Å²) < 4.78 is 2.78. The molecular weight excluding hydrogens is 410 g/mol. The van der Waals surface area contributed by atoms with Gasteiger partial charge in [0.15, 0.2) is 0 Å². The minimum absolute atomic E-state index is 1.10. The molecule has 3 rings (SSSR count). The zero-order chi connectivity index (χ0) is 10.4. The minimum Gasteiger partial charge on any atom is -0.0619 e. The Morgan fingerprint density at radius 1 is 0.867 bits per heavy atom. The highest BCUT2D eigenvalue weighted by Crippen LogP contribution is 2.39. The Balaban J connectivity index is 2.31. The van der Waals surface area contributed by atoms with Crippen LogP contribution in [0.4, 0.5) is 0 Å². The summed E-state index contributed by atoms with van der Waals surface area (Å²) in [7, 11) is 0. The molecule has 0 fully saturated rings. The lowest BCUT2D eigenvalue weighted by Gasteiger charge is -2.04. The molecule has 0 saturated heterocycles. The van der Waals surface area contributed by atoms with Gasteiger partial charge in [-0.05, 0) is 79.9 Å². The molecule has 0 aliphatic heterocycles. The lowest BCUT2D eigenvalue weighted by atomic mass is 10.1. The first-order valence-electron chi connectivity index (χ1n) is 4.82. The van der Waals surface area contributed by atoms with E-state index in [4.69, 9.17) is 0 Å². The fourth-order valence-corrected chi connectivity index (χ4v) is 3.31. The van der Waals surface area contributed by atoms with Gasteiger partial charge in [-0.1, -0.05) is 30.3 Å². The van der Waals surface area contributed by atoms with Crippen LogP contribution in [-0.4, -0.2) is 0 Å². The molecule has 0 N–H and O–H groups in total. The van der Waals surface area contributed by atoms with Crippen LogP contribution in [0.25, 0.3) is 11.1 Å². The third kappa shape index (κ3) is 1.53. The second kappa shape index (κ2) is 3.73. The first-order chi connectivity index (χ1) is 7.27. The van der Waals surface area contributed by atoms with Gasteiger partial charge in [-0.15, -0.1) is 0 Å². The van der Waals surface area contributed by atoms with Crippen molar-refractivity contribution in [3.63, 3.8) is 0 Å². The average molecular weight is 418 g/mol. The SMILES string of the molecule is Ic1ccc2c(c1I)Cc1ccccc1-2. The van der Waals surface area contributed by atoms with Gasteiger partial charge in [0, 0.05) is 7.14 Å². The third-order valence-corrected chi connectivity index (χ3v) is 6.03. The summed E-state index contributed by atoms with van der Waals surface area (Å²) >= 11 is 4.87. The van der Waals surface area contributed by atoms with Crippen molar-refractivity contribution < 1.29 is 0 Å². The van der Waals surface area contributed by atoms with E-state index < -0.39 is 0 Å². The molecule has 74 valence electrons. The van der Waals surface area contributed by atoms with Gasteiger partial charge in [-0.2, -0.15) is 0 Å². The van der Waals surface area contributed by atoms with Crippen LogP contribution in [0.1, 0.15) is 11.1 Å². The lowest BCUT2D eigenvalue weighted by Crippen LogP contribution is -1.89. The van der Waals surface area contributed by atoms with Crippen LogP contribution < -0.4 is 0 Å². The van der Waals surface area contributed by atoms with Crippen molar-refractivity contribution in [2.24, 2.45) is 0 Å². The maximum Gasteiger partial charge on any atom is 0.0305 e. The molecule has 1 aliphatic rings. The van der Waals surface area contributed by atoms with Crippen LogP contribution in [0.3, 0.4) is 0 Å². The summed E-state index contributed by atoms with van der Waals surface area (Å²) in [4.78, 5) is 0. The van der Waals surface area contributed by atoms with Gasteiger partial charge in [0.05, 0.1) is 0 Å². The first kappa shape index (κ1) is 10.1. The summed E-state index contributed by atoms with van der Waals surface area (Å²) in [5, 5.41) is 0. The fourth-order valence-electron chi connectivity index (χ4n) is 2.15. The van der Waals surface area contributed by atoms with Gasteiger partial charge in [0.2, 0.25) is 0 Å². The zero-order valence-electron chi connectivity index (χ0n) is 7.93. The van der Waals surface area contributed by atoms with Crippen LogP contribution in [0.5, 0.6) is 0 Å². The lowest BCUT2D eigenvalue weighted by molar-refractivity contribution is 1.24. The maximum absolute atomic E-state index is 2.46. The van der Waals surface area contributed by atoms with Crippen molar-refractivity contribution in [3.05, 3.63) is 54.7 Å². The quantitative estimate of drug-likeness (QED) is 0.473. The predicted octanol–water partition coefficient (Wildman–Crippen LogP) is 4.47. The topological polar surface area (TPSA) is 0 Å². The first-order valence-corrected chi connectivity index (χ1v) is 6.98. The Morgan fingerprint density at radius 2 is 1.67 bits per heavy atom. The largest absolute Gasteiger partial charge is 0.0619 e. The zero-order valence-corrected chi connectivity index (χ0v) is 12.2. The fraction of sp³-hybridized carbons (Fsp3) is 0.0769. The van der Waals surface area contributed by atoms with Crippen LogP contribution in [0, 0.1) is 7.14 Å². The van der Waals surface area contributed by atoms with E-state index >= 15 is 0 Å². The molecule has 0 saturated carbocycles. The van der Waals surface area contributed by atoms with E-state index in [2.05, 4.69) is 81.6 Å². The molecule has 0 atom stereocenters. The molecule has 0 amide bonds. The van der Waals surface area contributed by atoms with E-state index in [1.54, 1.807) is 0 Å². The summed E-state index contributed by atoms with van der Waals surface area (Å²) in [5.74, 6) is 0. The highest BCUT2D eigenvalue weighted by Gasteiger charge is 2.20. The Bertz CT molecular complexity index is 544. The van der Waals surface area contributed by atoms with Crippen molar-refractivity contribution >= 4 is 45.2 Å². The highest BCUT2D eigenvalue weighted by atomic mass is 127. The molecule has 2 aromatic rings. The van der Waals surface area contributed by atoms with Crippen LogP contribution in [-0.2, 0) is 6.42 Å². The molecule has 1 aliphatic carbocycles. The summed E-state index contributed by atoms with van der Waals surface area (Å²) in [6.45, 7) is 0. The minimum atomic E-state index is 1.10. The standard InChI is InChI=1S/C13H8I2/c14-12-6-5-10-9-4-2-1-3-8(9)7-11(10)13(12)15/h1-6H,7H2. The number of hydrogen-bond donors (Lipinski definition) is 0. The molecule has 0 unspecified atom stereocenters. The van der Waals surface area contributed by atoms with Crippen LogP contribution in [0.2, 0.25) is 0 Å². The van der Waals surface area contributed by atoms with Crippen LogP contribution in [0.15, 0.2) is 36.4 Å². The molecule has 0 spiro atoms. The summed E-state index contributed by atoms with van der Waals surface area (Å²) in [5.41, 5.74) is 5.81. The van der Waals surface area contributed by atoms with E-state index in [0.717, 1.165) is 6.42 Å². The van der Waals surface area contributed by atoms with E-state index in [1.165, 1.54) is 29.4 Å². The van der Waals surface area contributed by atoms with Crippen molar-refractivity contribution in [3.8, 4) is 11.1 Å². The normalized spacial score (nSPS) is 12.4. The Labute approximate surface area is 116 Å². The predicted molar refractivity (Wildman–Crippen MR) is 80.1 cm³/mol. The van der Waals surface area contributed by atoms with E-state index in [9.17, 15) is 0 Å². The molecule has 0 bridgehead atoms. The van der Waals surface area contributed by atoms with Gasteiger partial charge in [0.25, 0.3) is 0 Å². The van der Waals surface area contributed by atoms with Crippen molar-refractivity contribution in [2.75, 3.05) is 0 Å². The summed E-state index contributed by atoms with van der Waals surface area (Å²) in [6.07, 6.45) is 1.10. The second-order valence-electron chi connectivity index (χ2n) is 3.72. The van der Waals surface area contributed by atoms with Crippen molar-refractivity contribution in [2.45, 2.75) is 6.42 Å². The van der Waals surface area contributed by atoms with E-state index in [-0.39, 0.29) is 0 Å². The molecule has 2 heteroatoms. The van der Waals surface area contributed by atoms with Crippen molar-refractivity contribution in [1.82, 2.24) is 0 Å². The molecule has 0 aromatic heterocycles. The Morgan fingerprint density at radius 3 is 2.53 bits per heavy atom. The van der Waals surface area contributed by atoms with Crippen molar-refractivity contribution in [1.29, 1.82) is 0 Å². The van der Waals surface area contributed by atoms with Gasteiger partial charge in [-0.3, -0.25) is 0 Å². The van der Waals surface area contributed by atoms with Gasteiger partial charge in [0.1, 0.15) is 0 Å². The second-order valence-corrected chi connectivity index (χ2v) is 5.96. The van der Waals surface area contributed by atoms with Gasteiger partial charge >= 0.3 is 0 Å². The van der Waals surface area contributed by atoms with Crippen LogP contribution >= 0.6 is 45.2 Å². The molecule has 2 aromatic carbocycles. The average Bonchev–Trinajstić information content (AvgIpc) is 2.63. The van der Waals surface area contributed by atoms with E-state index in [1.807, 2.05) is 0 Å². The Kier molecular flexibility index (Phi) is 2.51. The number of hydrogen-bond acceptors (Lipinski definition) is 0. The summed E-state index contributed by atoms with van der Waals surface area (Å²) in [6, 6.07) is 13.2. The molecule has 0 nitrogen and oxygen atoms in total. The number of fused-ring (bicyclic) bond motifs is 3. The molecule has 0 heterocycles. The maximum atomic E-state index is 2.46. The highest BCUT2D eigenvalue weighted by molar-refractivity contribution is 14.1.